The Morgan fingerprint density at radius 1 is 1.48 bits per heavy atom. The molecule has 0 bridgehead atoms. The number of nitrogens with zero attached hydrogens (tertiary/aromatic N) is 1. The van der Waals surface area contributed by atoms with Crippen LogP contribution in [0.2, 0.25) is 0 Å². The van der Waals surface area contributed by atoms with Crippen molar-refractivity contribution in [1.29, 1.82) is 0 Å². The van der Waals surface area contributed by atoms with Crippen LogP contribution < -0.4 is 10.6 Å². The summed E-state index contributed by atoms with van der Waals surface area (Å²) in [6.45, 7) is 0.294. The fraction of sp³-hybridized carbons (Fsp3) is 0.462. The first-order valence-corrected chi connectivity index (χ1v) is 6.46. The molecule has 0 saturated heterocycles. The van der Waals surface area contributed by atoms with E-state index in [0.717, 1.165) is 12.1 Å². The summed E-state index contributed by atoms with van der Waals surface area (Å²) in [4.78, 5) is 1.45. The Morgan fingerprint density at radius 3 is 2.57 bits per heavy atom. The van der Waals surface area contributed by atoms with E-state index < -0.39 is 17.8 Å². The number of hydrogen-bond donors (Lipinski definition) is 2. The molecule has 1 unspecified atom stereocenters. The van der Waals surface area contributed by atoms with Gasteiger partial charge in [0, 0.05) is 32.0 Å². The molecular weight excluding hydrogens is 305 g/mol. The van der Waals surface area contributed by atoms with Crippen LogP contribution >= 0.6 is 12.2 Å². The molecule has 4 nitrogen and oxygen atoms in total. The Balaban J connectivity index is 3.09. The van der Waals surface area contributed by atoms with Crippen LogP contribution in [-0.2, 0) is 10.9 Å². The summed E-state index contributed by atoms with van der Waals surface area (Å²) in [7, 11) is 3.07. The highest BCUT2D eigenvalue weighted by Crippen LogP contribution is 2.32. The van der Waals surface area contributed by atoms with Gasteiger partial charge in [-0.15, -0.1) is 0 Å². The number of aliphatic hydroxyl groups is 1. The lowest BCUT2D eigenvalue weighted by molar-refractivity contribution is -0.137. The highest BCUT2D eigenvalue weighted by atomic mass is 32.1. The summed E-state index contributed by atoms with van der Waals surface area (Å²) in [5.41, 5.74) is 5.22. The molecule has 0 aliphatic heterocycles. The number of benzene rings is 1. The number of hydrogen-bond acceptors (Lipinski definition) is 4. The van der Waals surface area contributed by atoms with Gasteiger partial charge in [-0.2, -0.15) is 13.2 Å². The molecule has 3 N–H and O–H groups in total. The molecule has 0 amide bonds. The van der Waals surface area contributed by atoms with Crippen molar-refractivity contribution in [2.75, 3.05) is 32.2 Å². The number of rotatable bonds is 6. The third kappa shape index (κ3) is 4.83. The fourth-order valence-electron chi connectivity index (χ4n) is 1.90. The second-order valence-corrected chi connectivity index (χ2v) is 5.02. The van der Waals surface area contributed by atoms with Gasteiger partial charge in [0.2, 0.25) is 0 Å². The number of alkyl halides is 3. The molecule has 1 aromatic rings. The first kappa shape index (κ1) is 17.7. The smallest absolute Gasteiger partial charge is 0.389 e. The van der Waals surface area contributed by atoms with E-state index in [1.807, 2.05) is 0 Å². The highest BCUT2D eigenvalue weighted by molar-refractivity contribution is 7.80. The zero-order valence-corrected chi connectivity index (χ0v) is 12.5. The number of aliphatic hydroxyl groups excluding tert-OH is 1. The van der Waals surface area contributed by atoms with E-state index in [0.29, 0.717) is 5.69 Å². The van der Waals surface area contributed by atoms with E-state index in [2.05, 4.69) is 0 Å². The molecule has 0 saturated carbocycles. The van der Waals surface area contributed by atoms with Gasteiger partial charge in [0.05, 0.1) is 18.3 Å². The number of likely N-dealkylation sites (N-methyl/N-ethyl adjacent to an activating group) is 1. The third-order valence-corrected chi connectivity index (χ3v) is 3.06. The summed E-state index contributed by atoms with van der Waals surface area (Å²) in [5, 5.41) is 9.68. The molecule has 0 heterocycles. The van der Waals surface area contributed by atoms with Crippen molar-refractivity contribution in [3.63, 3.8) is 0 Å². The summed E-state index contributed by atoms with van der Waals surface area (Å²) < 4.78 is 43.0. The normalized spacial score (nSPS) is 13.0. The number of anilines is 1. The molecule has 0 aromatic heterocycles. The minimum atomic E-state index is -4.47. The van der Waals surface area contributed by atoms with Gasteiger partial charge in [0.1, 0.15) is 4.99 Å². The van der Waals surface area contributed by atoms with Gasteiger partial charge in [-0.1, -0.05) is 12.2 Å². The number of nitrogens with two attached hydrogens (primary N) is 1. The molecule has 0 spiro atoms. The Labute approximate surface area is 126 Å². The average molecular weight is 322 g/mol. The lowest BCUT2D eigenvalue weighted by atomic mass is 10.1. The van der Waals surface area contributed by atoms with Crippen LogP contribution in [0.25, 0.3) is 0 Å². The molecule has 1 aromatic carbocycles. The van der Waals surface area contributed by atoms with Crippen molar-refractivity contribution in [1.82, 2.24) is 0 Å². The number of ether oxygens (including phenoxy) is 1. The lowest BCUT2D eigenvalue weighted by Crippen LogP contribution is -2.33. The van der Waals surface area contributed by atoms with Crippen molar-refractivity contribution in [3.05, 3.63) is 29.3 Å². The van der Waals surface area contributed by atoms with E-state index >= 15 is 0 Å². The number of halogens is 3. The Bertz CT molecular complexity index is 509. The standard InChI is InChI=1S/C13H17F3N2O2S/c1-18(6-9(19)7-20-2)11-4-3-8(13(14,15)16)5-10(11)12(17)21/h3-5,9,19H,6-7H2,1-2H3,(H2,17,21). The largest absolute Gasteiger partial charge is 0.416 e. The predicted octanol–water partition coefficient (Wildman–Crippen LogP) is 1.78. The monoisotopic (exact) mass is 322 g/mol. The predicted molar refractivity (Wildman–Crippen MR) is 78.5 cm³/mol. The Morgan fingerprint density at radius 2 is 2.10 bits per heavy atom. The zero-order chi connectivity index (χ0) is 16.2. The number of methoxy groups -OCH3 is 1. The van der Waals surface area contributed by atoms with Gasteiger partial charge < -0.3 is 20.5 Å². The molecule has 1 atom stereocenters. The van der Waals surface area contributed by atoms with E-state index in [1.54, 1.807) is 11.9 Å². The van der Waals surface area contributed by atoms with Crippen molar-refractivity contribution in [2.24, 2.45) is 5.73 Å². The first-order chi connectivity index (χ1) is 9.66. The van der Waals surface area contributed by atoms with Gasteiger partial charge in [-0.05, 0) is 18.2 Å². The van der Waals surface area contributed by atoms with Gasteiger partial charge in [0.25, 0.3) is 0 Å². The van der Waals surface area contributed by atoms with E-state index in [9.17, 15) is 18.3 Å². The maximum Gasteiger partial charge on any atom is 0.416 e. The zero-order valence-electron chi connectivity index (χ0n) is 11.6. The van der Waals surface area contributed by atoms with Crippen LogP contribution in [0.5, 0.6) is 0 Å². The van der Waals surface area contributed by atoms with Crippen LogP contribution in [0.1, 0.15) is 11.1 Å². The van der Waals surface area contributed by atoms with Crippen molar-refractivity contribution in [3.8, 4) is 0 Å². The van der Waals surface area contributed by atoms with Crippen LogP contribution in [0.4, 0.5) is 18.9 Å². The van der Waals surface area contributed by atoms with Gasteiger partial charge in [-0.3, -0.25) is 0 Å². The SMILES string of the molecule is COCC(O)CN(C)c1ccc(C(F)(F)F)cc1C(N)=S. The van der Waals surface area contributed by atoms with E-state index in [-0.39, 0.29) is 23.7 Å². The van der Waals surface area contributed by atoms with Crippen molar-refractivity contribution >= 4 is 22.9 Å². The molecule has 118 valence electrons. The molecule has 0 aliphatic rings. The second-order valence-electron chi connectivity index (χ2n) is 4.58. The third-order valence-electron chi connectivity index (χ3n) is 2.84. The van der Waals surface area contributed by atoms with Crippen LogP contribution in [-0.4, -0.2) is 43.5 Å². The minimum absolute atomic E-state index is 0.118. The topological polar surface area (TPSA) is 58.7 Å². The quantitative estimate of drug-likeness (QED) is 0.782. The average Bonchev–Trinajstić information content (AvgIpc) is 2.36. The maximum atomic E-state index is 12.7. The molecular formula is C13H17F3N2O2S. The fourth-order valence-corrected chi connectivity index (χ4v) is 2.07. The van der Waals surface area contributed by atoms with Gasteiger partial charge >= 0.3 is 6.18 Å². The van der Waals surface area contributed by atoms with E-state index in [1.165, 1.54) is 13.2 Å². The Kier molecular flexibility index (Phi) is 5.94. The molecule has 1 rings (SSSR count). The molecule has 0 aliphatic carbocycles. The maximum absolute atomic E-state index is 12.7. The van der Waals surface area contributed by atoms with Crippen molar-refractivity contribution < 1.29 is 23.0 Å². The molecule has 8 heteroatoms. The van der Waals surface area contributed by atoms with Crippen LogP contribution in [0.3, 0.4) is 0 Å². The molecule has 0 fully saturated rings. The van der Waals surface area contributed by atoms with Gasteiger partial charge in [0.15, 0.2) is 0 Å². The number of thiocarbonyl (C=S) groups is 1. The second kappa shape index (κ2) is 7.06. The molecule has 21 heavy (non-hydrogen) atoms. The Hall–Kier alpha value is -1.38. The van der Waals surface area contributed by atoms with E-state index in [4.69, 9.17) is 22.7 Å². The summed E-state index contributed by atoms with van der Waals surface area (Å²) in [6, 6.07) is 3.16. The molecule has 0 radical (unpaired) electrons. The minimum Gasteiger partial charge on any atom is -0.389 e. The van der Waals surface area contributed by atoms with Crippen LogP contribution in [0, 0.1) is 0 Å². The summed E-state index contributed by atoms with van der Waals surface area (Å²) in [6.07, 6.45) is -5.24. The summed E-state index contributed by atoms with van der Waals surface area (Å²) in [5.74, 6) is 0. The first-order valence-electron chi connectivity index (χ1n) is 6.06. The van der Waals surface area contributed by atoms with Gasteiger partial charge in [-0.25, -0.2) is 0 Å². The van der Waals surface area contributed by atoms with Crippen LogP contribution in [0.15, 0.2) is 18.2 Å². The highest BCUT2D eigenvalue weighted by Gasteiger charge is 2.31. The van der Waals surface area contributed by atoms with Crippen molar-refractivity contribution in [2.45, 2.75) is 12.3 Å². The lowest BCUT2D eigenvalue weighted by Gasteiger charge is -2.25. The summed E-state index contributed by atoms with van der Waals surface area (Å²) >= 11 is 4.81.